The minimum Gasteiger partial charge on any atom is -0.379 e. The summed E-state index contributed by atoms with van der Waals surface area (Å²) >= 11 is 1.73. The van der Waals surface area contributed by atoms with E-state index in [0.717, 1.165) is 45.8 Å². The van der Waals surface area contributed by atoms with Gasteiger partial charge in [-0.1, -0.05) is 0 Å². The molecule has 0 saturated carbocycles. The highest BCUT2D eigenvalue weighted by Crippen LogP contribution is 2.32. The Morgan fingerprint density at radius 1 is 1.45 bits per heavy atom. The Morgan fingerprint density at radius 2 is 2.27 bits per heavy atom. The fourth-order valence-corrected chi connectivity index (χ4v) is 4.05. The van der Waals surface area contributed by atoms with Crippen molar-refractivity contribution < 1.29 is 9.53 Å². The number of thiophene rings is 1. The number of ether oxygens (including phenoxy) is 1. The Morgan fingerprint density at radius 3 is 3.00 bits per heavy atom. The molecule has 2 aliphatic rings. The molecule has 2 atom stereocenters. The lowest BCUT2D eigenvalue weighted by molar-refractivity contribution is 0.0386. The predicted octanol–water partition coefficient (Wildman–Crippen LogP) is 1.97. The zero-order valence-corrected chi connectivity index (χ0v) is 14.0. The van der Waals surface area contributed by atoms with Gasteiger partial charge >= 0.3 is 6.03 Å². The maximum Gasteiger partial charge on any atom is 0.317 e. The molecule has 1 aromatic rings. The largest absolute Gasteiger partial charge is 0.379 e. The first-order chi connectivity index (χ1) is 10.7. The van der Waals surface area contributed by atoms with Crippen LogP contribution < -0.4 is 5.32 Å². The summed E-state index contributed by atoms with van der Waals surface area (Å²) in [6, 6.07) is 2.58. The Labute approximate surface area is 136 Å². The van der Waals surface area contributed by atoms with E-state index in [0.29, 0.717) is 18.5 Å². The molecule has 22 heavy (non-hydrogen) atoms. The first kappa shape index (κ1) is 15.8. The molecule has 0 unspecified atom stereocenters. The summed E-state index contributed by atoms with van der Waals surface area (Å²) in [5, 5.41) is 7.40. The highest BCUT2D eigenvalue weighted by atomic mass is 32.1. The van der Waals surface area contributed by atoms with Crippen LogP contribution in [0, 0.1) is 0 Å². The van der Waals surface area contributed by atoms with Crippen molar-refractivity contribution in [2.45, 2.75) is 25.3 Å². The normalized spacial score (nSPS) is 26.3. The van der Waals surface area contributed by atoms with Crippen molar-refractivity contribution in [2.75, 3.05) is 45.9 Å². The smallest absolute Gasteiger partial charge is 0.317 e. The molecule has 1 aromatic heterocycles. The number of rotatable bonds is 4. The molecular formula is C16H25N3O2S. The topological polar surface area (TPSA) is 44.8 Å². The highest BCUT2D eigenvalue weighted by molar-refractivity contribution is 7.07. The van der Waals surface area contributed by atoms with Crippen LogP contribution in [0.3, 0.4) is 0 Å². The van der Waals surface area contributed by atoms with Gasteiger partial charge in [-0.2, -0.15) is 11.3 Å². The molecule has 0 spiro atoms. The molecule has 0 aliphatic carbocycles. The molecule has 3 rings (SSSR count). The van der Waals surface area contributed by atoms with Gasteiger partial charge in [0.15, 0.2) is 0 Å². The van der Waals surface area contributed by atoms with E-state index in [4.69, 9.17) is 4.74 Å². The van der Waals surface area contributed by atoms with E-state index < -0.39 is 0 Å². The van der Waals surface area contributed by atoms with Crippen molar-refractivity contribution in [1.82, 2.24) is 15.1 Å². The SMILES string of the molecule is C[C@@H]1C[C@H](c2ccsc2)CN1C(=O)NCCN1CCOCC1. The summed E-state index contributed by atoms with van der Waals surface area (Å²) in [7, 11) is 0. The molecule has 0 aromatic carbocycles. The monoisotopic (exact) mass is 323 g/mol. The average Bonchev–Trinajstić information content (AvgIpc) is 3.17. The van der Waals surface area contributed by atoms with E-state index in [2.05, 4.69) is 34.0 Å². The minimum absolute atomic E-state index is 0.0819. The van der Waals surface area contributed by atoms with Gasteiger partial charge in [0, 0.05) is 44.7 Å². The summed E-state index contributed by atoms with van der Waals surface area (Å²) in [6.45, 7) is 8.15. The first-order valence-electron chi connectivity index (χ1n) is 8.10. The molecule has 0 radical (unpaired) electrons. The van der Waals surface area contributed by atoms with Gasteiger partial charge in [0.05, 0.1) is 13.2 Å². The van der Waals surface area contributed by atoms with Gasteiger partial charge in [0.2, 0.25) is 0 Å². The summed E-state index contributed by atoms with van der Waals surface area (Å²) < 4.78 is 5.33. The number of nitrogens with one attached hydrogen (secondary N) is 1. The van der Waals surface area contributed by atoms with Gasteiger partial charge in [0.25, 0.3) is 0 Å². The van der Waals surface area contributed by atoms with Gasteiger partial charge in [0.1, 0.15) is 0 Å². The Hall–Kier alpha value is -1.11. The van der Waals surface area contributed by atoms with Gasteiger partial charge in [-0.15, -0.1) is 0 Å². The van der Waals surface area contributed by atoms with Crippen molar-refractivity contribution in [3.05, 3.63) is 22.4 Å². The Kier molecular flexibility index (Phi) is 5.33. The van der Waals surface area contributed by atoms with Crippen molar-refractivity contribution in [3.8, 4) is 0 Å². The van der Waals surface area contributed by atoms with Crippen LogP contribution in [0.4, 0.5) is 4.79 Å². The number of likely N-dealkylation sites (tertiary alicyclic amines) is 1. The molecule has 2 amide bonds. The molecule has 3 heterocycles. The van der Waals surface area contributed by atoms with Crippen LogP contribution in [-0.2, 0) is 4.74 Å². The number of nitrogens with zero attached hydrogens (tertiary/aromatic N) is 2. The van der Waals surface area contributed by atoms with Gasteiger partial charge in [-0.25, -0.2) is 4.79 Å². The quantitative estimate of drug-likeness (QED) is 0.921. The van der Waals surface area contributed by atoms with E-state index in [9.17, 15) is 4.79 Å². The summed E-state index contributed by atoms with van der Waals surface area (Å²) in [6.07, 6.45) is 1.06. The van der Waals surface area contributed by atoms with Gasteiger partial charge in [-0.3, -0.25) is 4.90 Å². The highest BCUT2D eigenvalue weighted by Gasteiger charge is 2.33. The van der Waals surface area contributed by atoms with E-state index >= 15 is 0 Å². The number of urea groups is 1. The number of amides is 2. The van der Waals surface area contributed by atoms with E-state index in [1.54, 1.807) is 11.3 Å². The Bertz CT molecular complexity index is 474. The number of carbonyl (C=O) groups excluding carboxylic acids is 1. The van der Waals surface area contributed by atoms with Crippen LogP contribution in [0.25, 0.3) is 0 Å². The maximum absolute atomic E-state index is 12.4. The lowest BCUT2D eigenvalue weighted by Crippen LogP contribution is -2.46. The predicted molar refractivity (Wildman–Crippen MR) is 88.5 cm³/mol. The van der Waals surface area contributed by atoms with Crippen molar-refractivity contribution in [2.24, 2.45) is 0 Å². The van der Waals surface area contributed by atoms with Crippen LogP contribution in [-0.4, -0.2) is 67.8 Å². The molecule has 1 N–H and O–H groups in total. The summed E-state index contributed by atoms with van der Waals surface area (Å²) in [4.78, 5) is 16.7. The molecule has 5 nitrogen and oxygen atoms in total. The fraction of sp³-hybridized carbons (Fsp3) is 0.688. The molecule has 6 heteroatoms. The number of hydrogen-bond donors (Lipinski definition) is 1. The second-order valence-electron chi connectivity index (χ2n) is 6.18. The third-order valence-electron chi connectivity index (χ3n) is 4.66. The number of carbonyl (C=O) groups is 1. The first-order valence-corrected chi connectivity index (χ1v) is 9.05. The van der Waals surface area contributed by atoms with Crippen molar-refractivity contribution >= 4 is 17.4 Å². The summed E-state index contributed by atoms with van der Waals surface area (Å²) in [5.74, 6) is 0.492. The van der Waals surface area contributed by atoms with E-state index in [1.165, 1.54) is 5.56 Å². The maximum atomic E-state index is 12.4. The lowest BCUT2D eigenvalue weighted by Gasteiger charge is -2.27. The standard InChI is InChI=1S/C16H25N3O2S/c1-13-10-15(14-2-9-22-12-14)11-19(13)16(20)17-3-4-18-5-7-21-8-6-18/h2,9,12-13,15H,3-8,10-11H2,1H3,(H,17,20)/t13-,15+/m1/s1. The lowest BCUT2D eigenvalue weighted by atomic mass is 10.00. The van der Waals surface area contributed by atoms with Crippen molar-refractivity contribution in [1.29, 1.82) is 0 Å². The van der Waals surface area contributed by atoms with Crippen LogP contribution >= 0.6 is 11.3 Å². The molecular weight excluding hydrogens is 298 g/mol. The van der Waals surface area contributed by atoms with Crippen LogP contribution in [0.1, 0.15) is 24.8 Å². The second-order valence-corrected chi connectivity index (χ2v) is 6.96. The average molecular weight is 323 g/mol. The van der Waals surface area contributed by atoms with Gasteiger partial charge in [-0.05, 0) is 35.7 Å². The van der Waals surface area contributed by atoms with E-state index in [1.807, 2.05) is 4.90 Å². The molecule has 2 aliphatic heterocycles. The molecule has 2 saturated heterocycles. The van der Waals surface area contributed by atoms with E-state index in [-0.39, 0.29) is 6.03 Å². The Balaban J connectivity index is 1.43. The molecule has 0 bridgehead atoms. The number of morpholine rings is 1. The summed E-state index contributed by atoms with van der Waals surface area (Å²) in [5.41, 5.74) is 1.38. The van der Waals surface area contributed by atoms with Crippen molar-refractivity contribution in [3.63, 3.8) is 0 Å². The fourth-order valence-electron chi connectivity index (χ4n) is 3.31. The zero-order valence-electron chi connectivity index (χ0n) is 13.2. The second kappa shape index (κ2) is 7.44. The molecule has 2 fully saturated rings. The molecule has 122 valence electrons. The third kappa shape index (κ3) is 3.80. The van der Waals surface area contributed by atoms with Crippen LogP contribution in [0.5, 0.6) is 0 Å². The van der Waals surface area contributed by atoms with Crippen LogP contribution in [0.2, 0.25) is 0 Å². The van der Waals surface area contributed by atoms with Crippen LogP contribution in [0.15, 0.2) is 16.8 Å². The number of hydrogen-bond acceptors (Lipinski definition) is 4. The zero-order chi connectivity index (χ0) is 15.4. The third-order valence-corrected chi connectivity index (χ3v) is 5.36. The minimum atomic E-state index is 0.0819. The van der Waals surface area contributed by atoms with Gasteiger partial charge < -0.3 is 15.0 Å².